The molecule has 13 heteroatoms. The van der Waals surface area contributed by atoms with E-state index in [1.807, 2.05) is 38.1 Å². The third-order valence-electron chi connectivity index (χ3n) is 6.96. The number of imidazole rings is 1. The van der Waals surface area contributed by atoms with Crippen molar-refractivity contribution in [1.29, 1.82) is 0 Å². The SMILES string of the molecule is CC(C)CC(NC(=O)C(N)Cc1cnc[nH]1)C(=O)NC(Cc1c[nH]c2ccccc12)C(=O)NC(CCCCN)C(=O)O. The summed E-state index contributed by atoms with van der Waals surface area (Å²) in [4.78, 5) is 61.9. The number of aromatic nitrogens is 3. The number of para-hydroxylation sites is 1. The number of aliphatic carboxylic acids is 1. The van der Waals surface area contributed by atoms with Gasteiger partial charge in [0.2, 0.25) is 17.7 Å². The number of H-pyrrole nitrogens is 2. The predicted octanol–water partition coefficient (Wildman–Crippen LogP) is 0.718. The number of carboxylic acid groups (broad SMARTS) is 1. The van der Waals surface area contributed by atoms with Crippen LogP contribution in [0.5, 0.6) is 0 Å². The van der Waals surface area contributed by atoms with Crippen LogP contribution in [0.25, 0.3) is 10.9 Å². The standard InChI is InChI=1S/C29H42N8O5/c1-17(2)11-24(36-26(38)21(31)13-19-15-32-16-34-19)27(39)37-25(12-18-14-33-22-8-4-3-7-20(18)22)28(40)35-23(29(41)42)9-5-6-10-30/h3-4,7-8,14-17,21,23-25,33H,5-6,9-13,30-31H2,1-2H3,(H,32,34)(H,35,40)(H,36,38)(H,37,39)(H,41,42). The molecule has 0 fully saturated rings. The Morgan fingerprint density at radius 1 is 0.929 bits per heavy atom. The molecule has 0 aliphatic heterocycles. The van der Waals surface area contributed by atoms with Crippen LogP contribution >= 0.6 is 0 Å². The molecule has 3 rings (SSSR count). The van der Waals surface area contributed by atoms with Gasteiger partial charge in [-0.3, -0.25) is 14.4 Å². The molecule has 0 saturated heterocycles. The number of fused-ring (bicyclic) bond motifs is 1. The molecule has 4 atom stereocenters. The minimum absolute atomic E-state index is 0.0321. The number of nitrogens with zero attached hydrogens (tertiary/aromatic N) is 1. The van der Waals surface area contributed by atoms with E-state index in [1.165, 1.54) is 6.33 Å². The minimum Gasteiger partial charge on any atom is -0.480 e. The number of carbonyl (C=O) groups is 4. The van der Waals surface area contributed by atoms with E-state index in [4.69, 9.17) is 11.5 Å². The highest BCUT2D eigenvalue weighted by Gasteiger charge is 2.31. The second kappa shape index (κ2) is 15.7. The second-order valence-corrected chi connectivity index (χ2v) is 10.9. The van der Waals surface area contributed by atoms with E-state index >= 15 is 0 Å². The zero-order valence-electron chi connectivity index (χ0n) is 24.1. The third-order valence-corrected chi connectivity index (χ3v) is 6.96. The summed E-state index contributed by atoms with van der Waals surface area (Å²) in [5, 5.41) is 18.7. The van der Waals surface area contributed by atoms with Crippen molar-refractivity contribution in [1.82, 2.24) is 30.9 Å². The van der Waals surface area contributed by atoms with Gasteiger partial charge < -0.3 is 42.5 Å². The highest BCUT2D eigenvalue weighted by molar-refractivity contribution is 5.95. The topological polar surface area (TPSA) is 221 Å². The fraction of sp³-hybridized carbons (Fsp3) is 0.483. The van der Waals surface area contributed by atoms with Gasteiger partial charge in [-0.05, 0) is 49.8 Å². The Labute approximate surface area is 244 Å². The van der Waals surface area contributed by atoms with Crippen molar-refractivity contribution in [2.45, 2.75) is 76.5 Å². The summed E-state index contributed by atoms with van der Waals surface area (Å²) in [5.41, 5.74) is 13.9. The molecule has 0 aliphatic carbocycles. The molecule has 4 unspecified atom stereocenters. The van der Waals surface area contributed by atoms with Crippen LogP contribution in [0.2, 0.25) is 0 Å². The first-order valence-corrected chi connectivity index (χ1v) is 14.2. The number of rotatable bonds is 17. The van der Waals surface area contributed by atoms with E-state index < -0.39 is 47.9 Å². The van der Waals surface area contributed by atoms with Crippen molar-refractivity contribution in [2.75, 3.05) is 6.54 Å². The van der Waals surface area contributed by atoms with Crippen molar-refractivity contribution in [2.24, 2.45) is 17.4 Å². The molecule has 228 valence electrons. The zero-order valence-corrected chi connectivity index (χ0v) is 24.1. The lowest BCUT2D eigenvalue weighted by atomic mass is 10.00. The number of carboxylic acids is 1. The number of hydrogen-bond acceptors (Lipinski definition) is 7. The molecule has 0 radical (unpaired) electrons. The lowest BCUT2D eigenvalue weighted by Crippen LogP contribution is -2.58. The maximum Gasteiger partial charge on any atom is 0.326 e. The van der Waals surface area contributed by atoms with E-state index in [0.717, 1.165) is 16.5 Å². The fourth-order valence-electron chi connectivity index (χ4n) is 4.73. The van der Waals surface area contributed by atoms with E-state index in [9.17, 15) is 24.3 Å². The molecule has 3 amide bonds. The van der Waals surface area contributed by atoms with Crippen LogP contribution in [-0.4, -0.2) is 74.5 Å². The van der Waals surface area contributed by atoms with Crippen LogP contribution in [0, 0.1) is 5.92 Å². The fourth-order valence-corrected chi connectivity index (χ4v) is 4.73. The van der Waals surface area contributed by atoms with Gasteiger partial charge in [-0.2, -0.15) is 0 Å². The molecule has 2 aromatic heterocycles. The van der Waals surface area contributed by atoms with E-state index in [1.54, 1.807) is 12.4 Å². The quantitative estimate of drug-likeness (QED) is 0.106. The lowest BCUT2D eigenvalue weighted by molar-refractivity contribution is -0.142. The average Bonchev–Trinajstić information content (AvgIpc) is 3.61. The van der Waals surface area contributed by atoms with Crippen molar-refractivity contribution >= 4 is 34.6 Å². The number of nitrogens with two attached hydrogens (primary N) is 2. The molecule has 2 heterocycles. The Morgan fingerprint density at radius 3 is 2.29 bits per heavy atom. The molecule has 0 saturated carbocycles. The van der Waals surface area contributed by atoms with Crippen molar-refractivity contribution in [3.63, 3.8) is 0 Å². The molecule has 0 aliphatic rings. The van der Waals surface area contributed by atoms with Gasteiger partial charge in [-0.25, -0.2) is 9.78 Å². The van der Waals surface area contributed by atoms with Gasteiger partial charge in [0.25, 0.3) is 0 Å². The van der Waals surface area contributed by atoms with Crippen LogP contribution < -0.4 is 27.4 Å². The van der Waals surface area contributed by atoms with Gasteiger partial charge in [0.15, 0.2) is 0 Å². The Kier molecular flexibility index (Phi) is 12.1. The Hall–Kier alpha value is -4.23. The highest BCUT2D eigenvalue weighted by atomic mass is 16.4. The molecule has 10 N–H and O–H groups in total. The number of unbranched alkanes of at least 4 members (excludes halogenated alkanes) is 1. The molecule has 1 aromatic carbocycles. The Bertz CT molecular complexity index is 1320. The van der Waals surface area contributed by atoms with Crippen LogP contribution in [0.15, 0.2) is 43.0 Å². The zero-order chi connectivity index (χ0) is 30.6. The maximum atomic E-state index is 13.6. The van der Waals surface area contributed by atoms with Gasteiger partial charge in [0.05, 0.1) is 12.4 Å². The van der Waals surface area contributed by atoms with E-state index in [-0.39, 0.29) is 25.2 Å². The first kappa shape index (κ1) is 32.3. The highest BCUT2D eigenvalue weighted by Crippen LogP contribution is 2.19. The van der Waals surface area contributed by atoms with Crippen molar-refractivity contribution < 1.29 is 24.3 Å². The van der Waals surface area contributed by atoms with Gasteiger partial charge in [-0.1, -0.05) is 32.0 Å². The van der Waals surface area contributed by atoms with Gasteiger partial charge in [0.1, 0.15) is 18.1 Å². The monoisotopic (exact) mass is 582 g/mol. The minimum atomic E-state index is -1.17. The smallest absolute Gasteiger partial charge is 0.326 e. The van der Waals surface area contributed by atoms with E-state index in [2.05, 4.69) is 30.9 Å². The summed E-state index contributed by atoms with van der Waals surface area (Å²) >= 11 is 0. The predicted molar refractivity (Wildman–Crippen MR) is 158 cm³/mol. The molecular formula is C29H42N8O5. The van der Waals surface area contributed by atoms with Crippen LogP contribution in [0.4, 0.5) is 0 Å². The molecule has 42 heavy (non-hydrogen) atoms. The average molecular weight is 583 g/mol. The first-order chi connectivity index (χ1) is 20.1. The summed E-state index contributed by atoms with van der Waals surface area (Å²) in [6, 6.07) is 3.39. The van der Waals surface area contributed by atoms with Crippen molar-refractivity contribution in [3.8, 4) is 0 Å². The number of amides is 3. The van der Waals surface area contributed by atoms with Gasteiger partial charge in [-0.15, -0.1) is 0 Å². The number of carbonyl (C=O) groups excluding carboxylic acids is 3. The molecule has 0 bridgehead atoms. The van der Waals surface area contributed by atoms with Crippen molar-refractivity contribution in [3.05, 3.63) is 54.2 Å². The summed E-state index contributed by atoms with van der Waals surface area (Å²) in [6.45, 7) is 4.23. The normalized spacial score (nSPS) is 14.2. The van der Waals surface area contributed by atoms with Crippen LogP contribution in [-0.2, 0) is 32.0 Å². The lowest BCUT2D eigenvalue weighted by Gasteiger charge is -2.26. The molecular weight excluding hydrogens is 540 g/mol. The summed E-state index contributed by atoms with van der Waals surface area (Å²) < 4.78 is 0. The molecule has 3 aromatic rings. The third kappa shape index (κ3) is 9.42. The molecule has 13 nitrogen and oxygen atoms in total. The number of benzene rings is 1. The second-order valence-electron chi connectivity index (χ2n) is 10.9. The number of hydrogen-bond donors (Lipinski definition) is 8. The molecule has 0 spiro atoms. The van der Waals surface area contributed by atoms with Crippen LogP contribution in [0.3, 0.4) is 0 Å². The van der Waals surface area contributed by atoms with E-state index in [0.29, 0.717) is 31.5 Å². The Morgan fingerprint density at radius 2 is 1.62 bits per heavy atom. The van der Waals surface area contributed by atoms with Crippen LogP contribution in [0.1, 0.15) is 50.8 Å². The summed E-state index contributed by atoms with van der Waals surface area (Å²) in [5.74, 6) is -2.87. The van der Waals surface area contributed by atoms with Gasteiger partial charge >= 0.3 is 5.97 Å². The first-order valence-electron chi connectivity index (χ1n) is 14.2. The number of aromatic amines is 2. The summed E-state index contributed by atoms with van der Waals surface area (Å²) in [7, 11) is 0. The maximum absolute atomic E-state index is 13.6. The van der Waals surface area contributed by atoms with Gasteiger partial charge in [0, 0.05) is 41.8 Å². The number of nitrogens with one attached hydrogen (secondary N) is 5. The largest absolute Gasteiger partial charge is 0.480 e. The summed E-state index contributed by atoms with van der Waals surface area (Å²) in [6.07, 6.45) is 6.75. The Balaban J connectivity index is 1.80.